The standard InChI is InChI=1S/C13H16N2OS/c1-8-5-6-11(16-8)13-15-9(2)12(17-13)10-4-3-7-14-10/h5-6,10,14H,3-4,7H2,1-2H3. The van der Waals surface area contributed by atoms with Crippen molar-refractivity contribution in [3.05, 3.63) is 28.5 Å². The Morgan fingerprint density at radius 3 is 2.94 bits per heavy atom. The van der Waals surface area contributed by atoms with Gasteiger partial charge in [-0.15, -0.1) is 11.3 Å². The molecule has 3 rings (SSSR count). The van der Waals surface area contributed by atoms with Crippen LogP contribution in [0.2, 0.25) is 0 Å². The predicted molar refractivity (Wildman–Crippen MR) is 69.3 cm³/mol. The van der Waals surface area contributed by atoms with Gasteiger partial charge in [-0.05, 0) is 45.4 Å². The van der Waals surface area contributed by atoms with Gasteiger partial charge in [0.05, 0.1) is 5.69 Å². The van der Waals surface area contributed by atoms with E-state index in [0.29, 0.717) is 6.04 Å². The fraction of sp³-hybridized carbons (Fsp3) is 0.462. The van der Waals surface area contributed by atoms with Crippen molar-refractivity contribution in [2.75, 3.05) is 6.54 Å². The van der Waals surface area contributed by atoms with E-state index in [-0.39, 0.29) is 0 Å². The molecule has 1 fully saturated rings. The first kappa shape index (κ1) is 11.0. The zero-order valence-electron chi connectivity index (χ0n) is 10.1. The van der Waals surface area contributed by atoms with E-state index in [9.17, 15) is 0 Å². The quantitative estimate of drug-likeness (QED) is 0.884. The Morgan fingerprint density at radius 2 is 2.29 bits per heavy atom. The fourth-order valence-electron chi connectivity index (χ4n) is 2.29. The molecule has 0 amide bonds. The molecule has 0 saturated carbocycles. The van der Waals surface area contributed by atoms with Gasteiger partial charge in [-0.1, -0.05) is 0 Å². The number of rotatable bonds is 2. The van der Waals surface area contributed by atoms with E-state index < -0.39 is 0 Å². The van der Waals surface area contributed by atoms with Crippen LogP contribution in [0.3, 0.4) is 0 Å². The topological polar surface area (TPSA) is 38.1 Å². The van der Waals surface area contributed by atoms with Gasteiger partial charge in [-0.25, -0.2) is 4.98 Å². The van der Waals surface area contributed by atoms with Gasteiger partial charge in [0.2, 0.25) is 0 Å². The monoisotopic (exact) mass is 248 g/mol. The van der Waals surface area contributed by atoms with Gasteiger partial charge >= 0.3 is 0 Å². The summed E-state index contributed by atoms with van der Waals surface area (Å²) >= 11 is 1.76. The average molecular weight is 248 g/mol. The maximum atomic E-state index is 5.63. The summed E-state index contributed by atoms with van der Waals surface area (Å²) in [6.45, 7) is 5.17. The van der Waals surface area contributed by atoms with E-state index in [2.05, 4.69) is 17.2 Å². The third-order valence-electron chi connectivity index (χ3n) is 3.16. The lowest BCUT2D eigenvalue weighted by molar-refractivity contribution is 0.548. The van der Waals surface area contributed by atoms with E-state index in [4.69, 9.17) is 4.42 Å². The second kappa shape index (κ2) is 4.27. The van der Waals surface area contributed by atoms with Crippen molar-refractivity contribution in [3.8, 4) is 10.8 Å². The maximum Gasteiger partial charge on any atom is 0.162 e. The second-order valence-electron chi connectivity index (χ2n) is 4.53. The molecule has 0 bridgehead atoms. The van der Waals surface area contributed by atoms with E-state index >= 15 is 0 Å². The lowest BCUT2D eigenvalue weighted by Gasteiger charge is -2.06. The average Bonchev–Trinajstić information content (AvgIpc) is 2.96. The Hall–Kier alpha value is -1.13. The van der Waals surface area contributed by atoms with Crippen molar-refractivity contribution in [2.24, 2.45) is 0 Å². The first-order chi connectivity index (χ1) is 8.24. The number of hydrogen-bond acceptors (Lipinski definition) is 4. The molecule has 1 unspecified atom stereocenters. The van der Waals surface area contributed by atoms with Crippen LogP contribution in [0, 0.1) is 13.8 Å². The normalized spacial score (nSPS) is 20.0. The molecule has 3 heterocycles. The summed E-state index contributed by atoms with van der Waals surface area (Å²) in [5, 5.41) is 4.52. The van der Waals surface area contributed by atoms with Gasteiger partial charge < -0.3 is 9.73 Å². The van der Waals surface area contributed by atoms with E-state index in [0.717, 1.165) is 28.8 Å². The molecule has 1 atom stereocenters. The lowest BCUT2D eigenvalue weighted by atomic mass is 10.2. The zero-order chi connectivity index (χ0) is 11.8. The lowest BCUT2D eigenvalue weighted by Crippen LogP contribution is -2.12. The third kappa shape index (κ3) is 2.03. The van der Waals surface area contributed by atoms with Gasteiger partial charge in [0.1, 0.15) is 5.76 Å². The van der Waals surface area contributed by atoms with Crippen LogP contribution in [0.25, 0.3) is 10.8 Å². The van der Waals surface area contributed by atoms with E-state index in [1.165, 1.54) is 17.7 Å². The summed E-state index contributed by atoms with van der Waals surface area (Å²) in [6, 6.07) is 4.48. The van der Waals surface area contributed by atoms with Crippen LogP contribution in [0.15, 0.2) is 16.5 Å². The third-order valence-corrected chi connectivity index (χ3v) is 4.45. The number of thiazole rings is 1. The van der Waals surface area contributed by atoms with Crippen LogP contribution in [-0.2, 0) is 0 Å². The van der Waals surface area contributed by atoms with Crippen molar-refractivity contribution in [1.82, 2.24) is 10.3 Å². The van der Waals surface area contributed by atoms with Gasteiger partial charge in [0.25, 0.3) is 0 Å². The predicted octanol–water partition coefficient (Wildman–Crippen LogP) is 3.44. The molecule has 90 valence electrons. The van der Waals surface area contributed by atoms with E-state index in [1.54, 1.807) is 11.3 Å². The van der Waals surface area contributed by atoms with Crippen molar-refractivity contribution >= 4 is 11.3 Å². The van der Waals surface area contributed by atoms with Gasteiger partial charge in [0, 0.05) is 10.9 Å². The van der Waals surface area contributed by atoms with Gasteiger partial charge in [-0.2, -0.15) is 0 Å². The highest BCUT2D eigenvalue weighted by Crippen LogP contribution is 2.35. The number of nitrogens with one attached hydrogen (secondary N) is 1. The van der Waals surface area contributed by atoms with Crippen LogP contribution >= 0.6 is 11.3 Å². The molecule has 1 aliphatic rings. The summed E-state index contributed by atoms with van der Waals surface area (Å²) in [5.41, 5.74) is 1.14. The second-order valence-corrected chi connectivity index (χ2v) is 5.56. The summed E-state index contributed by atoms with van der Waals surface area (Å²) < 4.78 is 5.63. The van der Waals surface area contributed by atoms with Crippen LogP contribution in [0.4, 0.5) is 0 Å². The molecule has 0 aliphatic carbocycles. The molecular weight excluding hydrogens is 232 g/mol. The van der Waals surface area contributed by atoms with Gasteiger partial charge in [0.15, 0.2) is 10.8 Å². The van der Waals surface area contributed by atoms with Crippen LogP contribution in [0.5, 0.6) is 0 Å². The zero-order valence-corrected chi connectivity index (χ0v) is 10.9. The van der Waals surface area contributed by atoms with Crippen LogP contribution < -0.4 is 5.32 Å². The number of aryl methyl sites for hydroxylation is 2. The smallest absolute Gasteiger partial charge is 0.162 e. The first-order valence-electron chi connectivity index (χ1n) is 6.01. The molecule has 0 aromatic carbocycles. The largest absolute Gasteiger partial charge is 0.459 e. The number of nitrogens with zero attached hydrogens (tertiary/aromatic N) is 1. The molecule has 17 heavy (non-hydrogen) atoms. The maximum absolute atomic E-state index is 5.63. The Bertz CT molecular complexity index is 523. The molecule has 1 saturated heterocycles. The minimum absolute atomic E-state index is 0.498. The van der Waals surface area contributed by atoms with E-state index in [1.807, 2.05) is 19.1 Å². The molecule has 0 radical (unpaired) electrons. The summed E-state index contributed by atoms with van der Waals surface area (Å²) in [7, 11) is 0. The fourth-order valence-corrected chi connectivity index (χ4v) is 3.43. The minimum atomic E-state index is 0.498. The highest BCUT2D eigenvalue weighted by molar-refractivity contribution is 7.15. The Balaban J connectivity index is 1.94. The summed E-state index contributed by atoms with van der Waals surface area (Å²) in [4.78, 5) is 5.99. The van der Waals surface area contributed by atoms with Crippen molar-refractivity contribution in [3.63, 3.8) is 0 Å². The highest BCUT2D eigenvalue weighted by atomic mass is 32.1. The van der Waals surface area contributed by atoms with Crippen LogP contribution in [-0.4, -0.2) is 11.5 Å². The molecule has 3 nitrogen and oxygen atoms in total. The SMILES string of the molecule is Cc1ccc(-c2nc(C)c(C3CCCN3)s2)o1. The summed E-state index contributed by atoms with van der Waals surface area (Å²) in [5.74, 6) is 1.83. The molecule has 4 heteroatoms. The minimum Gasteiger partial charge on any atom is -0.459 e. The van der Waals surface area contributed by atoms with Gasteiger partial charge in [-0.3, -0.25) is 0 Å². The molecule has 2 aromatic heterocycles. The van der Waals surface area contributed by atoms with Crippen molar-refractivity contribution < 1.29 is 4.42 Å². The Kier molecular flexibility index (Phi) is 2.76. The molecule has 1 N–H and O–H groups in total. The summed E-state index contributed by atoms with van der Waals surface area (Å²) in [6.07, 6.45) is 2.48. The van der Waals surface area contributed by atoms with Crippen molar-refractivity contribution in [1.29, 1.82) is 0 Å². The number of furan rings is 1. The molecule has 0 spiro atoms. The molecular formula is C13H16N2OS. The Labute approximate surface area is 105 Å². The Morgan fingerprint density at radius 1 is 1.41 bits per heavy atom. The highest BCUT2D eigenvalue weighted by Gasteiger charge is 2.22. The first-order valence-corrected chi connectivity index (χ1v) is 6.83. The number of hydrogen-bond donors (Lipinski definition) is 1. The van der Waals surface area contributed by atoms with Crippen molar-refractivity contribution in [2.45, 2.75) is 32.7 Å². The number of aromatic nitrogens is 1. The molecule has 1 aliphatic heterocycles. The molecule has 2 aromatic rings. The van der Waals surface area contributed by atoms with Crippen LogP contribution in [0.1, 0.15) is 35.2 Å².